The van der Waals surface area contributed by atoms with E-state index in [1.54, 1.807) is 17.7 Å². The summed E-state index contributed by atoms with van der Waals surface area (Å²) in [7, 11) is 0. The highest BCUT2D eigenvalue weighted by Crippen LogP contribution is 2.35. The van der Waals surface area contributed by atoms with Crippen LogP contribution in [-0.4, -0.2) is 70.9 Å². The van der Waals surface area contributed by atoms with Crippen LogP contribution in [0.25, 0.3) is 10.2 Å². The van der Waals surface area contributed by atoms with Crippen molar-refractivity contribution in [1.82, 2.24) is 19.8 Å². The number of piperidine rings is 1. The van der Waals surface area contributed by atoms with Crippen LogP contribution >= 0.6 is 22.7 Å². The molecule has 174 valence electrons. The van der Waals surface area contributed by atoms with E-state index in [0.29, 0.717) is 26.2 Å². The molecule has 2 aliphatic rings. The van der Waals surface area contributed by atoms with Gasteiger partial charge >= 0.3 is 0 Å². The average molecular weight is 484 g/mol. The molecule has 0 N–H and O–H groups in total. The lowest BCUT2D eigenvalue weighted by Gasteiger charge is -2.38. The molecule has 0 aliphatic carbocycles. The van der Waals surface area contributed by atoms with Crippen LogP contribution in [0.5, 0.6) is 0 Å². The summed E-state index contributed by atoms with van der Waals surface area (Å²) >= 11 is 3.25. The van der Waals surface area contributed by atoms with Crippen molar-refractivity contribution in [3.8, 4) is 0 Å². The molecule has 0 spiro atoms. The Balaban J connectivity index is 1.18. The van der Waals surface area contributed by atoms with Crippen molar-refractivity contribution in [2.24, 2.45) is 5.92 Å². The van der Waals surface area contributed by atoms with Gasteiger partial charge in [-0.15, -0.1) is 22.7 Å². The molecule has 7 nitrogen and oxygen atoms in total. The Labute approximate surface area is 202 Å². The summed E-state index contributed by atoms with van der Waals surface area (Å²) in [5.74, 6) is 1.38. The van der Waals surface area contributed by atoms with E-state index in [9.17, 15) is 9.59 Å². The average Bonchev–Trinajstić information content (AvgIpc) is 3.41. The first-order chi connectivity index (χ1) is 15.9. The standard InChI is InChI=1S/C24H29N5O2S2/c1-15-4-5-19(32-15)24(31)29-12-10-28(11-13-29)23(30)18-6-8-27(9-7-18)21-20-16(2)17(3)33-22(20)26-14-25-21/h4-5,14,18H,6-13H2,1-3H3. The zero-order chi connectivity index (χ0) is 23.1. The van der Waals surface area contributed by atoms with E-state index in [2.05, 4.69) is 28.7 Å². The predicted octanol–water partition coefficient (Wildman–Crippen LogP) is 3.88. The van der Waals surface area contributed by atoms with Gasteiger partial charge in [0.1, 0.15) is 17.0 Å². The number of amides is 2. The second-order valence-corrected chi connectivity index (χ2v) is 11.4. The maximum atomic E-state index is 13.2. The van der Waals surface area contributed by atoms with Crippen molar-refractivity contribution >= 4 is 50.5 Å². The molecule has 33 heavy (non-hydrogen) atoms. The van der Waals surface area contributed by atoms with Crippen molar-refractivity contribution in [1.29, 1.82) is 0 Å². The summed E-state index contributed by atoms with van der Waals surface area (Å²) in [6.07, 6.45) is 3.32. The number of piperazine rings is 1. The summed E-state index contributed by atoms with van der Waals surface area (Å²) in [5.41, 5.74) is 1.26. The summed E-state index contributed by atoms with van der Waals surface area (Å²) < 4.78 is 0. The number of fused-ring (bicyclic) bond motifs is 1. The Morgan fingerprint density at radius 1 is 0.909 bits per heavy atom. The van der Waals surface area contributed by atoms with Crippen molar-refractivity contribution in [2.75, 3.05) is 44.2 Å². The van der Waals surface area contributed by atoms with Crippen LogP contribution in [0.4, 0.5) is 5.82 Å². The van der Waals surface area contributed by atoms with Gasteiger partial charge in [0.05, 0.1) is 10.3 Å². The Morgan fingerprint density at radius 3 is 2.27 bits per heavy atom. The molecule has 0 unspecified atom stereocenters. The number of thiophene rings is 2. The minimum atomic E-state index is 0.0473. The summed E-state index contributed by atoms with van der Waals surface area (Å²) in [4.78, 5) is 45.4. The SMILES string of the molecule is Cc1ccc(C(=O)N2CCN(C(=O)C3CCN(c4ncnc5sc(C)c(C)c45)CC3)CC2)s1. The predicted molar refractivity (Wildman–Crippen MR) is 133 cm³/mol. The van der Waals surface area contributed by atoms with Crippen LogP contribution in [0.15, 0.2) is 18.5 Å². The van der Waals surface area contributed by atoms with Gasteiger partial charge in [-0.25, -0.2) is 9.97 Å². The largest absolute Gasteiger partial charge is 0.356 e. The molecule has 3 aromatic heterocycles. The summed E-state index contributed by atoms with van der Waals surface area (Å²) in [6, 6.07) is 3.88. The second kappa shape index (κ2) is 9.02. The molecule has 0 atom stereocenters. The van der Waals surface area contributed by atoms with Crippen molar-refractivity contribution in [2.45, 2.75) is 33.6 Å². The highest BCUT2D eigenvalue weighted by molar-refractivity contribution is 7.18. The molecule has 0 aromatic carbocycles. The van der Waals surface area contributed by atoms with Gasteiger partial charge in [0, 0.05) is 54.9 Å². The van der Waals surface area contributed by atoms with Gasteiger partial charge in [0.15, 0.2) is 0 Å². The van der Waals surface area contributed by atoms with Gasteiger partial charge < -0.3 is 14.7 Å². The molecular formula is C24H29N5O2S2. The van der Waals surface area contributed by atoms with Gasteiger partial charge in [0.2, 0.25) is 5.91 Å². The first-order valence-corrected chi connectivity index (χ1v) is 13.2. The molecule has 0 radical (unpaired) electrons. The fraction of sp³-hybridized carbons (Fsp3) is 0.500. The molecule has 2 fully saturated rings. The zero-order valence-corrected chi connectivity index (χ0v) is 21.0. The second-order valence-electron chi connectivity index (χ2n) is 8.95. The van der Waals surface area contributed by atoms with E-state index in [-0.39, 0.29) is 17.7 Å². The number of hydrogen-bond acceptors (Lipinski definition) is 7. The molecule has 2 aliphatic heterocycles. The summed E-state index contributed by atoms with van der Waals surface area (Å²) in [5, 5.41) is 1.16. The third kappa shape index (κ3) is 4.24. The number of aromatic nitrogens is 2. The third-order valence-electron chi connectivity index (χ3n) is 6.92. The van der Waals surface area contributed by atoms with E-state index in [1.807, 2.05) is 28.9 Å². The van der Waals surface area contributed by atoms with Crippen LogP contribution in [0.3, 0.4) is 0 Å². The van der Waals surface area contributed by atoms with E-state index in [0.717, 1.165) is 51.7 Å². The van der Waals surface area contributed by atoms with Gasteiger partial charge in [-0.1, -0.05) is 0 Å². The number of aryl methyl sites for hydroxylation is 3. The topological polar surface area (TPSA) is 69.6 Å². The van der Waals surface area contributed by atoms with Crippen LogP contribution in [-0.2, 0) is 4.79 Å². The van der Waals surface area contributed by atoms with E-state index < -0.39 is 0 Å². The maximum absolute atomic E-state index is 13.2. The zero-order valence-electron chi connectivity index (χ0n) is 19.3. The molecule has 2 amide bonds. The molecule has 9 heteroatoms. The Bertz CT molecular complexity index is 1190. The van der Waals surface area contributed by atoms with Gasteiger partial charge in [-0.05, 0) is 51.3 Å². The lowest BCUT2D eigenvalue weighted by molar-refractivity contribution is -0.137. The number of carbonyl (C=O) groups excluding carboxylic acids is 2. The van der Waals surface area contributed by atoms with E-state index in [4.69, 9.17) is 0 Å². The molecular weight excluding hydrogens is 454 g/mol. The number of nitrogens with zero attached hydrogens (tertiary/aromatic N) is 5. The number of hydrogen-bond donors (Lipinski definition) is 0. The molecule has 2 saturated heterocycles. The lowest BCUT2D eigenvalue weighted by Crippen LogP contribution is -2.53. The first-order valence-electron chi connectivity index (χ1n) is 11.5. The summed E-state index contributed by atoms with van der Waals surface area (Å²) in [6.45, 7) is 10.4. The quantitative estimate of drug-likeness (QED) is 0.566. The minimum absolute atomic E-state index is 0.0473. The van der Waals surface area contributed by atoms with Crippen molar-refractivity contribution in [3.63, 3.8) is 0 Å². The van der Waals surface area contributed by atoms with E-state index >= 15 is 0 Å². The van der Waals surface area contributed by atoms with Crippen LogP contribution in [0.2, 0.25) is 0 Å². The smallest absolute Gasteiger partial charge is 0.264 e. The highest BCUT2D eigenvalue weighted by atomic mass is 32.1. The molecule has 0 bridgehead atoms. The van der Waals surface area contributed by atoms with Gasteiger partial charge in [-0.2, -0.15) is 0 Å². The third-order valence-corrected chi connectivity index (χ3v) is 9.02. The Morgan fingerprint density at radius 2 is 1.61 bits per heavy atom. The molecule has 0 saturated carbocycles. The molecule has 3 aromatic rings. The van der Waals surface area contributed by atoms with Crippen LogP contribution < -0.4 is 4.90 Å². The van der Waals surface area contributed by atoms with Gasteiger partial charge in [0.25, 0.3) is 5.91 Å². The van der Waals surface area contributed by atoms with Crippen LogP contribution in [0, 0.1) is 26.7 Å². The van der Waals surface area contributed by atoms with E-state index in [1.165, 1.54) is 21.8 Å². The van der Waals surface area contributed by atoms with Gasteiger partial charge in [-0.3, -0.25) is 9.59 Å². The fourth-order valence-corrected chi connectivity index (χ4v) is 6.66. The minimum Gasteiger partial charge on any atom is -0.356 e. The monoisotopic (exact) mass is 483 g/mol. The van der Waals surface area contributed by atoms with Crippen LogP contribution in [0.1, 0.15) is 37.8 Å². The number of rotatable bonds is 3. The Kier molecular flexibility index (Phi) is 6.09. The fourth-order valence-electron chi connectivity index (χ4n) is 4.84. The Hall–Kier alpha value is -2.52. The first kappa shape index (κ1) is 22.3. The number of carbonyl (C=O) groups is 2. The maximum Gasteiger partial charge on any atom is 0.264 e. The van der Waals surface area contributed by atoms with Crippen molar-refractivity contribution < 1.29 is 9.59 Å². The number of anilines is 1. The van der Waals surface area contributed by atoms with Crippen molar-refractivity contribution in [3.05, 3.63) is 38.7 Å². The highest BCUT2D eigenvalue weighted by Gasteiger charge is 2.32. The molecule has 5 heterocycles. The lowest BCUT2D eigenvalue weighted by atomic mass is 9.94. The molecule has 5 rings (SSSR count). The normalized spacial score (nSPS) is 17.7.